The zero-order valence-corrected chi connectivity index (χ0v) is 21.0. The van der Waals surface area contributed by atoms with E-state index in [-0.39, 0.29) is 24.0 Å². The van der Waals surface area contributed by atoms with Crippen molar-refractivity contribution >= 4 is 29.9 Å². The van der Waals surface area contributed by atoms with Gasteiger partial charge in [-0.15, -0.1) is 34.2 Å². The van der Waals surface area contributed by atoms with Crippen molar-refractivity contribution in [1.29, 1.82) is 0 Å². The lowest BCUT2D eigenvalue weighted by atomic mass is 10.1. The summed E-state index contributed by atoms with van der Waals surface area (Å²) in [4.78, 5) is 4.74. The topological polar surface area (TPSA) is 85.0 Å². The molecule has 0 amide bonds. The number of nitrogens with one attached hydrogen (secondary N) is 2. The fraction of sp³-hybridized carbons (Fsp3) is 0.478. The van der Waals surface area contributed by atoms with E-state index in [0.717, 1.165) is 62.2 Å². The van der Waals surface area contributed by atoms with Gasteiger partial charge < -0.3 is 15.2 Å². The van der Waals surface area contributed by atoms with Crippen LogP contribution in [0.15, 0.2) is 47.7 Å². The summed E-state index contributed by atoms with van der Waals surface area (Å²) < 4.78 is 4.17. The first kappa shape index (κ1) is 24.2. The number of nitrogens with zero attached hydrogens (tertiary/aromatic N) is 6. The fourth-order valence-corrected chi connectivity index (χ4v) is 3.90. The van der Waals surface area contributed by atoms with Gasteiger partial charge in [-0.05, 0) is 49.9 Å². The van der Waals surface area contributed by atoms with Gasteiger partial charge in [-0.3, -0.25) is 4.99 Å². The summed E-state index contributed by atoms with van der Waals surface area (Å²) in [6.45, 7) is 5.49. The Morgan fingerprint density at radius 3 is 2.72 bits per heavy atom. The maximum atomic E-state index is 4.74. The van der Waals surface area contributed by atoms with E-state index in [9.17, 15) is 0 Å². The van der Waals surface area contributed by atoms with Crippen LogP contribution in [0.4, 0.5) is 0 Å². The zero-order chi connectivity index (χ0) is 21.3. The van der Waals surface area contributed by atoms with Crippen LogP contribution in [0.2, 0.25) is 0 Å². The molecule has 0 unspecified atom stereocenters. The molecule has 0 spiro atoms. The second kappa shape index (κ2) is 12.6. The van der Waals surface area contributed by atoms with Crippen LogP contribution in [0.5, 0.6) is 0 Å². The van der Waals surface area contributed by atoms with Crippen molar-refractivity contribution in [3.8, 4) is 5.69 Å². The Kier molecular flexibility index (Phi) is 9.51. The van der Waals surface area contributed by atoms with Gasteiger partial charge in [-0.25, -0.2) is 4.68 Å². The summed E-state index contributed by atoms with van der Waals surface area (Å²) in [5.41, 5.74) is 2.35. The maximum absolute atomic E-state index is 4.74. The predicted octanol–water partition coefficient (Wildman–Crippen LogP) is 3.15. The van der Waals surface area contributed by atoms with Gasteiger partial charge >= 0.3 is 0 Å². The van der Waals surface area contributed by atoms with Gasteiger partial charge in [0.25, 0.3) is 0 Å². The molecule has 0 fully saturated rings. The second-order valence-electron chi connectivity index (χ2n) is 7.80. The van der Waals surface area contributed by atoms with Gasteiger partial charge in [0.2, 0.25) is 0 Å². The number of guanidine groups is 1. The molecule has 1 aromatic carbocycles. The van der Waals surface area contributed by atoms with E-state index in [0.29, 0.717) is 6.54 Å². The highest BCUT2D eigenvalue weighted by Crippen LogP contribution is 2.14. The maximum Gasteiger partial charge on any atom is 0.191 e. The Morgan fingerprint density at radius 1 is 1.06 bits per heavy atom. The number of fused-ring (bicyclic) bond motifs is 1. The van der Waals surface area contributed by atoms with Gasteiger partial charge in [0, 0.05) is 51.4 Å². The third-order valence-corrected chi connectivity index (χ3v) is 5.55. The Hall–Kier alpha value is -2.43. The highest BCUT2D eigenvalue weighted by molar-refractivity contribution is 14.0. The van der Waals surface area contributed by atoms with Gasteiger partial charge in [-0.2, -0.15) is 5.10 Å². The van der Waals surface area contributed by atoms with Crippen molar-refractivity contribution < 1.29 is 0 Å². The summed E-state index contributed by atoms with van der Waals surface area (Å²) >= 11 is 0. The molecule has 0 atom stereocenters. The van der Waals surface area contributed by atoms with Crippen LogP contribution in [-0.4, -0.2) is 50.1 Å². The van der Waals surface area contributed by atoms with E-state index >= 15 is 0 Å². The number of hydrogen-bond acceptors (Lipinski definition) is 4. The molecule has 172 valence electrons. The molecule has 0 saturated heterocycles. The third-order valence-electron chi connectivity index (χ3n) is 5.55. The molecule has 0 radical (unpaired) electrons. The van der Waals surface area contributed by atoms with E-state index in [1.807, 2.05) is 16.9 Å². The standard InChI is InChI=1S/C23H32N8.HI/c1-2-24-23(26-16-13-22-29-28-21-7-4-3-5-17-30(21)22)25-15-12-19-8-10-20(11-9-19)31-18-6-14-27-31;/h6,8-11,14,18H,2-5,7,12-13,15-17H2,1H3,(H2,24,25,26);1H. The first-order chi connectivity index (χ1) is 15.3. The van der Waals surface area contributed by atoms with Gasteiger partial charge in [-0.1, -0.05) is 18.6 Å². The minimum absolute atomic E-state index is 0. The number of benzene rings is 1. The van der Waals surface area contributed by atoms with Crippen molar-refractivity contribution in [3.63, 3.8) is 0 Å². The van der Waals surface area contributed by atoms with Crippen molar-refractivity contribution in [2.45, 2.75) is 52.0 Å². The predicted molar refractivity (Wildman–Crippen MR) is 138 cm³/mol. The smallest absolute Gasteiger partial charge is 0.191 e. The lowest BCUT2D eigenvalue weighted by Gasteiger charge is -2.12. The Balaban J connectivity index is 0.00000289. The highest BCUT2D eigenvalue weighted by atomic mass is 127. The van der Waals surface area contributed by atoms with E-state index < -0.39 is 0 Å². The summed E-state index contributed by atoms with van der Waals surface area (Å²) in [6, 6.07) is 10.4. The molecule has 3 aromatic rings. The molecule has 0 aliphatic carbocycles. The average molecular weight is 548 g/mol. The first-order valence-corrected chi connectivity index (χ1v) is 11.4. The SMILES string of the molecule is CCNC(=NCCc1nnc2n1CCCCC2)NCCc1ccc(-n2cccn2)cc1.I. The molecule has 9 heteroatoms. The molecule has 2 N–H and O–H groups in total. The molecule has 1 aliphatic rings. The monoisotopic (exact) mass is 548 g/mol. The van der Waals surface area contributed by atoms with E-state index in [4.69, 9.17) is 4.99 Å². The van der Waals surface area contributed by atoms with Crippen LogP contribution < -0.4 is 10.6 Å². The molecule has 0 saturated carbocycles. The Bertz CT molecular complexity index is 963. The third kappa shape index (κ3) is 6.54. The average Bonchev–Trinajstić information content (AvgIpc) is 3.40. The molecule has 32 heavy (non-hydrogen) atoms. The van der Waals surface area contributed by atoms with Crippen LogP contribution in [0.25, 0.3) is 5.69 Å². The van der Waals surface area contributed by atoms with Crippen molar-refractivity contribution in [2.75, 3.05) is 19.6 Å². The minimum Gasteiger partial charge on any atom is -0.357 e. The van der Waals surface area contributed by atoms with Crippen molar-refractivity contribution in [1.82, 2.24) is 35.2 Å². The summed E-state index contributed by atoms with van der Waals surface area (Å²) in [5.74, 6) is 3.06. The van der Waals surface area contributed by atoms with Gasteiger partial charge in [0.05, 0.1) is 5.69 Å². The zero-order valence-electron chi connectivity index (χ0n) is 18.7. The number of halogens is 1. The summed E-state index contributed by atoms with van der Waals surface area (Å²) in [5, 5.41) is 19.8. The Labute approximate surface area is 206 Å². The molecular weight excluding hydrogens is 515 g/mol. The molecular formula is C23H33IN8. The molecule has 8 nitrogen and oxygen atoms in total. The summed E-state index contributed by atoms with van der Waals surface area (Å²) in [7, 11) is 0. The van der Waals surface area contributed by atoms with E-state index in [1.54, 1.807) is 6.20 Å². The number of aromatic nitrogens is 5. The number of aliphatic imine (C=N–C) groups is 1. The molecule has 2 aromatic heterocycles. The molecule has 0 bridgehead atoms. The fourth-order valence-electron chi connectivity index (χ4n) is 3.90. The molecule has 4 rings (SSSR count). The van der Waals surface area contributed by atoms with Crippen molar-refractivity contribution in [2.24, 2.45) is 4.99 Å². The highest BCUT2D eigenvalue weighted by Gasteiger charge is 2.14. The van der Waals surface area contributed by atoms with Gasteiger partial charge in [0.15, 0.2) is 5.96 Å². The van der Waals surface area contributed by atoms with Crippen LogP contribution in [0.1, 0.15) is 43.4 Å². The molecule has 3 heterocycles. The first-order valence-electron chi connectivity index (χ1n) is 11.4. The lowest BCUT2D eigenvalue weighted by molar-refractivity contribution is 0.604. The Morgan fingerprint density at radius 2 is 1.94 bits per heavy atom. The number of rotatable bonds is 8. The van der Waals surface area contributed by atoms with Crippen molar-refractivity contribution in [3.05, 3.63) is 59.9 Å². The summed E-state index contributed by atoms with van der Waals surface area (Å²) in [6.07, 6.45) is 10.3. The van der Waals surface area contributed by atoms with Gasteiger partial charge in [0.1, 0.15) is 11.6 Å². The van der Waals surface area contributed by atoms with Crippen LogP contribution in [0, 0.1) is 0 Å². The number of aryl methyl sites for hydroxylation is 1. The van der Waals surface area contributed by atoms with Crippen LogP contribution >= 0.6 is 24.0 Å². The van der Waals surface area contributed by atoms with Crippen LogP contribution in [0.3, 0.4) is 0 Å². The van der Waals surface area contributed by atoms with E-state index in [1.165, 1.54) is 24.8 Å². The van der Waals surface area contributed by atoms with E-state index in [2.05, 4.69) is 61.7 Å². The quantitative estimate of drug-likeness (QED) is 0.257. The molecule has 1 aliphatic heterocycles. The second-order valence-corrected chi connectivity index (χ2v) is 7.80. The largest absolute Gasteiger partial charge is 0.357 e. The lowest BCUT2D eigenvalue weighted by Crippen LogP contribution is -2.38. The normalized spacial score (nSPS) is 13.7. The minimum atomic E-state index is 0. The number of hydrogen-bond donors (Lipinski definition) is 2. The van der Waals surface area contributed by atoms with Crippen LogP contribution in [-0.2, 0) is 25.8 Å².